The van der Waals surface area contributed by atoms with Crippen LogP contribution in [0.4, 0.5) is 0 Å². The smallest absolute Gasteiger partial charge is 0.261 e. The van der Waals surface area contributed by atoms with Gasteiger partial charge in [0.15, 0.2) is 6.61 Å². The number of nitrogens with zero attached hydrogens (tertiary/aromatic N) is 2. The minimum absolute atomic E-state index is 0.0138. The standard InChI is InChI=1S/C17H14N2O2/c18-9-13-5-7-16(8-6-13)21-12-17(20)19-10-14-3-1-2-4-15(14)11-19/h1-8H,10-12H2. The van der Waals surface area contributed by atoms with Crippen LogP contribution in [-0.2, 0) is 17.9 Å². The summed E-state index contributed by atoms with van der Waals surface area (Å²) in [7, 11) is 0. The molecule has 1 aliphatic heterocycles. The molecule has 0 aliphatic carbocycles. The summed E-state index contributed by atoms with van der Waals surface area (Å²) in [6.45, 7) is 1.30. The van der Waals surface area contributed by atoms with E-state index in [2.05, 4.69) is 0 Å². The molecule has 1 amide bonds. The van der Waals surface area contributed by atoms with E-state index >= 15 is 0 Å². The van der Waals surface area contributed by atoms with Crippen molar-refractivity contribution < 1.29 is 9.53 Å². The second-order valence-electron chi connectivity index (χ2n) is 4.94. The molecule has 2 aromatic carbocycles. The predicted octanol–water partition coefficient (Wildman–Crippen LogP) is 2.48. The summed E-state index contributed by atoms with van der Waals surface area (Å²) in [5, 5.41) is 8.72. The van der Waals surface area contributed by atoms with Gasteiger partial charge in [-0.3, -0.25) is 4.79 Å². The Morgan fingerprint density at radius 3 is 2.29 bits per heavy atom. The molecule has 1 heterocycles. The van der Waals surface area contributed by atoms with Gasteiger partial charge in [0.2, 0.25) is 0 Å². The van der Waals surface area contributed by atoms with Gasteiger partial charge in [-0.2, -0.15) is 5.26 Å². The summed E-state index contributed by atoms with van der Waals surface area (Å²) in [6, 6.07) is 16.8. The minimum Gasteiger partial charge on any atom is -0.484 e. The Morgan fingerprint density at radius 1 is 1.10 bits per heavy atom. The van der Waals surface area contributed by atoms with E-state index in [1.807, 2.05) is 30.3 Å². The van der Waals surface area contributed by atoms with Crippen LogP contribution in [0, 0.1) is 11.3 Å². The van der Waals surface area contributed by atoms with E-state index in [9.17, 15) is 4.79 Å². The van der Waals surface area contributed by atoms with E-state index in [0.29, 0.717) is 24.4 Å². The van der Waals surface area contributed by atoms with Crippen LogP contribution in [0.1, 0.15) is 16.7 Å². The minimum atomic E-state index is -0.0319. The fourth-order valence-electron chi connectivity index (χ4n) is 2.37. The molecule has 3 rings (SSSR count). The average molecular weight is 278 g/mol. The van der Waals surface area contributed by atoms with Crippen molar-refractivity contribution in [3.63, 3.8) is 0 Å². The molecule has 2 aromatic rings. The maximum Gasteiger partial charge on any atom is 0.261 e. The SMILES string of the molecule is N#Cc1ccc(OCC(=O)N2Cc3ccccc3C2)cc1. The molecular weight excluding hydrogens is 264 g/mol. The van der Waals surface area contributed by atoms with Crippen LogP contribution in [0.3, 0.4) is 0 Å². The molecule has 21 heavy (non-hydrogen) atoms. The lowest BCUT2D eigenvalue weighted by atomic mass is 10.1. The van der Waals surface area contributed by atoms with E-state index in [-0.39, 0.29) is 12.5 Å². The van der Waals surface area contributed by atoms with Crippen molar-refractivity contribution in [3.05, 3.63) is 65.2 Å². The molecule has 0 aromatic heterocycles. The van der Waals surface area contributed by atoms with Gasteiger partial charge in [-0.15, -0.1) is 0 Å². The Labute approximate surface area is 123 Å². The quantitative estimate of drug-likeness (QED) is 0.866. The second-order valence-corrected chi connectivity index (χ2v) is 4.94. The van der Waals surface area contributed by atoms with Gasteiger partial charge in [0.05, 0.1) is 11.6 Å². The normalized spacial score (nSPS) is 12.6. The first-order valence-electron chi connectivity index (χ1n) is 6.74. The Morgan fingerprint density at radius 2 is 1.71 bits per heavy atom. The fourth-order valence-corrected chi connectivity index (χ4v) is 2.37. The zero-order chi connectivity index (χ0) is 14.7. The number of hydrogen-bond donors (Lipinski definition) is 0. The zero-order valence-corrected chi connectivity index (χ0v) is 11.5. The third-order valence-electron chi connectivity index (χ3n) is 3.54. The second kappa shape index (κ2) is 5.68. The predicted molar refractivity (Wildman–Crippen MR) is 77.3 cm³/mol. The van der Waals surface area contributed by atoms with E-state index in [1.54, 1.807) is 29.2 Å². The van der Waals surface area contributed by atoms with Gasteiger partial charge in [-0.05, 0) is 35.4 Å². The summed E-state index contributed by atoms with van der Waals surface area (Å²) < 4.78 is 5.48. The van der Waals surface area contributed by atoms with Crippen LogP contribution in [0.15, 0.2) is 48.5 Å². The molecule has 0 unspecified atom stereocenters. The highest BCUT2D eigenvalue weighted by Gasteiger charge is 2.22. The number of carbonyl (C=O) groups is 1. The highest BCUT2D eigenvalue weighted by atomic mass is 16.5. The van der Waals surface area contributed by atoms with E-state index < -0.39 is 0 Å². The van der Waals surface area contributed by atoms with Crippen molar-refractivity contribution in [3.8, 4) is 11.8 Å². The number of rotatable bonds is 3. The molecule has 0 saturated heterocycles. The van der Waals surface area contributed by atoms with Crippen molar-refractivity contribution in [1.29, 1.82) is 5.26 Å². The van der Waals surface area contributed by atoms with Crippen LogP contribution < -0.4 is 4.74 Å². The maximum atomic E-state index is 12.2. The lowest BCUT2D eigenvalue weighted by Gasteiger charge is -2.15. The average Bonchev–Trinajstić information content (AvgIpc) is 2.97. The van der Waals surface area contributed by atoms with Gasteiger partial charge in [0.1, 0.15) is 5.75 Å². The fraction of sp³-hybridized carbons (Fsp3) is 0.176. The van der Waals surface area contributed by atoms with Crippen molar-refractivity contribution in [2.45, 2.75) is 13.1 Å². The molecule has 0 bridgehead atoms. The van der Waals surface area contributed by atoms with E-state index in [4.69, 9.17) is 10.00 Å². The molecule has 4 nitrogen and oxygen atoms in total. The topological polar surface area (TPSA) is 53.3 Å². The van der Waals surface area contributed by atoms with Crippen LogP contribution in [-0.4, -0.2) is 17.4 Å². The molecule has 0 atom stereocenters. The van der Waals surface area contributed by atoms with Crippen molar-refractivity contribution in [2.75, 3.05) is 6.61 Å². The van der Waals surface area contributed by atoms with E-state index in [0.717, 1.165) is 0 Å². The molecule has 1 aliphatic rings. The number of carbonyl (C=O) groups excluding carboxylic acids is 1. The van der Waals surface area contributed by atoms with Gasteiger partial charge >= 0.3 is 0 Å². The van der Waals surface area contributed by atoms with Crippen LogP contribution in [0.25, 0.3) is 0 Å². The first-order chi connectivity index (χ1) is 10.3. The summed E-state index contributed by atoms with van der Waals surface area (Å²) >= 11 is 0. The Hall–Kier alpha value is -2.80. The monoisotopic (exact) mass is 278 g/mol. The van der Waals surface area contributed by atoms with Gasteiger partial charge in [-0.25, -0.2) is 0 Å². The molecule has 0 radical (unpaired) electrons. The van der Waals surface area contributed by atoms with Crippen LogP contribution >= 0.6 is 0 Å². The maximum absolute atomic E-state index is 12.2. The van der Waals surface area contributed by atoms with Crippen molar-refractivity contribution >= 4 is 5.91 Å². The van der Waals surface area contributed by atoms with Gasteiger partial charge in [0, 0.05) is 13.1 Å². The van der Waals surface area contributed by atoms with Crippen LogP contribution in [0.2, 0.25) is 0 Å². The number of amides is 1. The van der Waals surface area contributed by atoms with Gasteiger partial charge in [0.25, 0.3) is 5.91 Å². The van der Waals surface area contributed by atoms with Gasteiger partial charge in [-0.1, -0.05) is 24.3 Å². The number of fused-ring (bicyclic) bond motifs is 1. The number of hydrogen-bond acceptors (Lipinski definition) is 3. The number of ether oxygens (including phenoxy) is 1. The first kappa shape index (κ1) is 13.2. The molecule has 0 spiro atoms. The third kappa shape index (κ3) is 2.87. The van der Waals surface area contributed by atoms with Crippen molar-refractivity contribution in [2.24, 2.45) is 0 Å². The first-order valence-corrected chi connectivity index (χ1v) is 6.74. The summed E-state index contributed by atoms with van der Waals surface area (Å²) in [5.41, 5.74) is 2.97. The lowest BCUT2D eigenvalue weighted by Crippen LogP contribution is -2.30. The summed E-state index contributed by atoms with van der Waals surface area (Å²) in [5.74, 6) is 0.564. The molecule has 4 heteroatoms. The van der Waals surface area contributed by atoms with Crippen LogP contribution in [0.5, 0.6) is 5.75 Å². The number of benzene rings is 2. The highest BCUT2D eigenvalue weighted by Crippen LogP contribution is 2.22. The third-order valence-corrected chi connectivity index (χ3v) is 3.54. The lowest BCUT2D eigenvalue weighted by molar-refractivity contribution is -0.134. The summed E-state index contributed by atoms with van der Waals surface area (Å²) in [6.07, 6.45) is 0. The number of nitriles is 1. The molecule has 0 fully saturated rings. The van der Waals surface area contributed by atoms with E-state index in [1.165, 1.54) is 11.1 Å². The Kier molecular flexibility index (Phi) is 3.57. The highest BCUT2D eigenvalue weighted by molar-refractivity contribution is 5.78. The summed E-state index contributed by atoms with van der Waals surface area (Å²) in [4.78, 5) is 13.9. The van der Waals surface area contributed by atoms with Crippen molar-refractivity contribution in [1.82, 2.24) is 4.90 Å². The Bertz CT molecular complexity index is 676. The Balaban J connectivity index is 1.57. The zero-order valence-electron chi connectivity index (χ0n) is 11.5. The van der Waals surface area contributed by atoms with Gasteiger partial charge < -0.3 is 9.64 Å². The largest absolute Gasteiger partial charge is 0.484 e. The molecule has 0 N–H and O–H groups in total. The molecule has 104 valence electrons. The molecular formula is C17H14N2O2. The molecule has 0 saturated carbocycles.